The zero-order valence-electron chi connectivity index (χ0n) is 15.9. The second kappa shape index (κ2) is 7.35. The lowest BCUT2D eigenvalue weighted by Crippen LogP contribution is -2.45. The summed E-state index contributed by atoms with van der Waals surface area (Å²) >= 11 is 0. The lowest BCUT2D eigenvalue weighted by molar-refractivity contribution is -0.122. The summed E-state index contributed by atoms with van der Waals surface area (Å²) < 4.78 is 14.1. The van der Waals surface area contributed by atoms with Crippen molar-refractivity contribution in [2.45, 2.75) is 45.1 Å². The highest BCUT2D eigenvalue weighted by Gasteiger charge is 2.39. The van der Waals surface area contributed by atoms with E-state index in [1.807, 2.05) is 19.9 Å². The summed E-state index contributed by atoms with van der Waals surface area (Å²) in [4.78, 5) is 26.0. The largest absolute Gasteiger partial charge is 0.308 e. The lowest BCUT2D eigenvalue weighted by Gasteiger charge is -2.34. The van der Waals surface area contributed by atoms with Gasteiger partial charge in [-0.1, -0.05) is 12.1 Å². The highest BCUT2D eigenvalue weighted by molar-refractivity contribution is 5.99. The number of rotatable bonds is 3. The summed E-state index contributed by atoms with van der Waals surface area (Å²) in [7, 11) is 0. The van der Waals surface area contributed by atoms with E-state index in [1.54, 1.807) is 23.1 Å². The van der Waals surface area contributed by atoms with Crippen molar-refractivity contribution in [2.75, 3.05) is 24.5 Å². The number of anilines is 1. The molecule has 4 rings (SSSR count). The third-order valence-corrected chi connectivity index (χ3v) is 5.66. The Morgan fingerprint density at radius 1 is 1.00 bits per heavy atom. The van der Waals surface area contributed by atoms with Crippen molar-refractivity contribution in [3.63, 3.8) is 0 Å². The van der Waals surface area contributed by atoms with Crippen molar-refractivity contribution >= 4 is 11.6 Å². The number of hydrogen-bond acceptors (Lipinski definition) is 4. The number of nitrogens with zero attached hydrogens (tertiary/aromatic N) is 4. The van der Waals surface area contributed by atoms with Gasteiger partial charge in [0, 0.05) is 23.9 Å². The molecule has 1 aromatic carbocycles. The SMILES string of the molecule is Cc1cc(C)nc(C2CCN([C@@H]3CCN(c4ccccc4F)C3=O)CC2)n1. The monoisotopic (exact) mass is 368 g/mol. The number of para-hydroxylation sites is 1. The summed E-state index contributed by atoms with van der Waals surface area (Å²) in [5.41, 5.74) is 2.40. The summed E-state index contributed by atoms with van der Waals surface area (Å²) in [5, 5.41) is 0. The maximum Gasteiger partial charge on any atom is 0.244 e. The van der Waals surface area contributed by atoms with Gasteiger partial charge in [0.25, 0.3) is 0 Å². The van der Waals surface area contributed by atoms with Crippen molar-refractivity contribution in [2.24, 2.45) is 0 Å². The van der Waals surface area contributed by atoms with Gasteiger partial charge in [0.05, 0.1) is 11.7 Å². The molecule has 2 saturated heterocycles. The predicted octanol–water partition coefficient (Wildman–Crippen LogP) is 3.22. The minimum Gasteiger partial charge on any atom is -0.308 e. The van der Waals surface area contributed by atoms with Crippen molar-refractivity contribution in [3.05, 3.63) is 53.4 Å². The Morgan fingerprint density at radius 2 is 1.67 bits per heavy atom. The average molecular weight is 368 g/mol. The highest BCUT2D eigenvalue weighted by Crippen LogP contribution is 2.31. The molecule has 2 aliphatic rings. The number of likely N-dealkylation sites (tertiary alicyclic amines) is 1. The Labute approximate surface area is 159 Å². The van der Waals surface area contributed by atoms with Crippen LogP contribution in [-0.2, 0) is 4.79 Å². The first-order valence-corrected chi connectivity index (χ1v) is 9.65. The minimum absolute atomic E-state index is 0.0150. The van der Waals surface area contributed by atoms with Gasteiger partial charge in [-0.25, -0.2) is 14.4 Å². The Bertz CT molecular complexity index is 828. The molecule has 0 bridgehead atoms. The Hall–Kier alpha value is -2.34. The van der Waals surface area contributed by atoms with Gasteiger partial charge in [0.15, 0.2) is 0 Å². The zero-order valence-corrected chi connectivity index (χ0v) is 15.9. The van der Waals surface area contributed by atoms with E-state index in [2.05, 4.69) is 14.9 Å². The topological polar surface area (TPSA) is 49.3 Å². The standard InChI is InChI=1S/C21H25FN4O/c1-14-13-15(2)24-20(23-14)16-7-10-25(11-8-16)19-9-12-26(21(19)27)18-6-4-3-5-17(18)22/h3-6,13,16,19H,7-12H2,1-2H3/t19-/m1/s1. The van der Waals surface area contributed by atoms with Crippen molar-refractivity contribution in [1.82, 2.24) is 14.9 Å². The molecule has 2 aromatic rings. The van der Waals surface area contributed by atoms with E-state index in [9.17, 15) is 9.18 Å². The van der Waals surface area contributed by atoms with Crippen LogP contribution in [-0.4, -0.2) is 46.5 Å². The molecule has 0 unspecified atom stereocenters. The summed E-state index contributed by atoms with van der Waals surface area (Å²) in [6, 6.07) is 8.36. The molecule has 0 saturated carbocycles. The first-order valence-electron chi connectivity index (χ1n) is 9.65. The van der Waals surface area contributed by atoms with Gasteiger partial charge in [0.2, 0.25) is 5.91 Å². The van der Waals surface area contributed by atoms with Crippen LogP contribution in [0, 0.1) is 19.7 Å². The van der Waals surface area contributed by atoms with Crippen molar-refractivity contribution < 1.29 is 9.18 Å². The molecule has 1 aromatic heterocycles. The average Bonchev–Trinajstić information content (AvgIpc) is 3.03. The van der Waals surface area contributed by atoms with Gasteiger partial charge in [-0.15, -0.1) is 0 Å². The van der Waals surface area contributed by atoms with Crippen LogP contribution in [0.25, 0.3) is 0 Å². The van der Waals surface area contributed by atoms with E-state index < -0.39 is 0 Å². The van der Waals surface area contributed by atoms with Crippen LogP contribution >= 0.6 is 0 Å². The first-order chi connectivity index (χ1) is 13.0. The van der Waals surface area contributed by atoms with Crippen LogP contribution < -0.4 is 4.90 Å². The van der Waals surface area contributed by atoms with Crippen LogP contribution in [0.2, 0.25) is 0 Å². The van der Waals surface area contributed by atoms with Gasteiger partial charge < -0.3 is 4.90 Å². The van der Waals surface area contributed by atoms with Gasteiger partial charge >= 0.3 is 0 Å². The number of hydrogen-bond donors (Lipinski definition) is 0. The molecule has 2 aliphatic heterocycles. The summed E-state index contributed by atoms with van der Waals surface area (Å²) in [6.45, 7) is 6.28. The third-order valence-electron chi connectivity index (χ3n) is 5.66. The van der Waals surface area contributed by atoms with E-state index in [-0.39, 0.29) is 17.8 Å². The Balaban J connectivity index is 1.41. The van der Waals surface area contributed by atoms with Gasteiger partial charge in [-0.05, 0) is 64.4 Å². The molecule has 3 heterocycles. The molecule has 142 valence electrons. The molecular formula is C21H25FN4O. The number of benzene rings is 1. The third kappa shape index (κ3) is 3.58. The predicted molar refractivity (Wildman–Crippen MR) is 102 cm³/mol. The van der Waals surface area contributed by atoms with E-state index in [4.69, 9.17) is 0 Å². The fourth-order valence-corrected chi connectivity index (χ4v) is 4.32. The Morgan fingerprint density at radius 3 is 2.33 bits per heavy atom. The molecule has 6 heteroatoms. The van der Waals surface area contributed by atoms with Crippen LogP contribution in [0.15, 0.2) is 30.3 Å². The number of halogens is 1. The van der Waals surface area contributed by atoms with E-state index in [1.165, 1.54) is 6.07 Å². The van der Waals surface area contributed by atoms with E-state index in [0.717, 1.165) is 49.6 Å². The Kier molecular flexibility index (Phi) is 4.91. The van der Waals surface area contributed by atoms with Gasteiger partial charge in [-0.3, -0.25) is 9.69 Å². The molecule has 0 spiro atoms. The maximum atomic E-state index is 14.1. The fourth-order valence-electron chi connectivity index (χ4n) is 4.32. The molecule has 0 N–H and O–H groups in total. The van der Waals surface area contributed by atoms with Gasteiger partial charge in [0.1, 0.15) is 11.6 Å². The second-order valence-corrected chi connectivity index (χ2v) is 7.56. The maximum absolute atomic E-state index is 14.1. The van der Waals surface area contributed by atoms with Crippen LogP contribution in [0.4, 0.5) is 10.1 Å². The van der Waals surface area contributed by atoms with Crippen LogP contribution in [0.1, 0.15) is 42.4 Å². The molecule has 5 nitrogen and oxygen atoms in total. The second-order valence-electron chi connectivity index (χ2n) is 7.56. The lowest BCUT2D eigenvalue weighted by atomic mass is 9.94. The van der Waals surface area contributed by atoms with Crippen LogP contribution in [0.5, 0.6) is 0 Å². The molecule has 1 atom stereocenters. The van der Waals surface area contributed by atoms with Crippen molar-refractivity contribution in [1.29, 1.82) is 0 Å². The van der Waals surface area contributed by atoms with E-state index >= 15 is 0 Å². The number of piperidine rings is 1. The van der Waals surface area contributed by atoms with Gasteiger partial charge in [-0.2, -0.15) is 0 Å². The highest BCUT2D eigenvalue weighted by atomic mass is 19.1. The number of aryl methyl sites for hydroxylation is 2. The minimum atomic E-state index is -0.336. The number of carbonyl (C=O) groups excluding carboxylic acids is 1. The molecule has 27 heavy (non-hydrogen) atoms. The zero-order chi connectivity index (χ0) is 19.0. The number of aromatic nitrogens is 2. The van der Waals surface area contributed by atoms with Crippen molar-refractivity contribution in [3.8, 4) is 0 Å². The molecule has 1 amide bonds. The summed E-state index contributed by atoms with van der Waals surface area (Å²) in [5.74, 6) is 0.954. The smallest absolute Gasteiger partial charge is 0.244 e. The molecule has 0 radical (unpaired) electrons. The fraction of sp³-hybridized carbons (Fsp3) is 0.476. The molecule has 0 aliphatic carbocycles. The first kappa shape index (κ1) is 18.0. The van der Waals surface area contributed by atoms with Crippen LogP contribution in [0.3, 0.4) is 0 Å². The number of carbonyl (C=O) groups is 1. The quantitative estimate of drug-likeness (QED) is 0.835. The van der Waals surface area contributed by atoms with E-state index in [0.29, 0.717) is 18.2 Å². The molecular weight excluding hydrogens is 343 g/mol. The molecule has 2 fully saturated rings. The normalized spacial score (nSPS) is 21.8. The number of amides is 1. The summed E-state index contributed by atoms with van der Waals surface area (Å²) in [6.07, 6.45) is 2.65.